The van der Waals surface area contributed by atoms with Crippen LogP contribution in [0.15, 0.2) is 21.7 Å². The second kappa shape index (κ2) is 6.06. The average molecular weight is 421 g/mol. The number of fused-ring (bicyclic) bond motifs is 2. The quantitative estimate of drug-likeness (QED) is 0.661. The third-order valence-corrected chi connectivity index (χ3v) is 7.12. The van der Waals surface area contributed by atoms with Crippen LogP contribution in [0.5, 0.6) is 0 Å². The summed E-state index contributed by atoms with van der Waals surface area (Å²) < 4.78 is 44.7. The third kappa shape index (κ3) is 2.71. The van der Waals surface area contributed by atoms with Gasteiger partial charge in [-0.05, 0) is 49.4 Å². The molecule has 2 aliphatic carbocycles. The number of nitrogens with one attached hydrogen (secondary N) is 1. The number of hydrogen-bond acceptors (Lipinski definition) is 4. The number of aryl methyl sites for hydroxylation is 2. The molecule has 1 fully saturated rings. The van der Waals surface area contributed by atoms with Crippen LogP contribution in [-0.2, 0) is 6.42 Å². The van der Waals surface area contributed by atoms with Crippen LogP contribution in [0.1, 0.15) is 47.4 Å². The van der Waals surface area contributed by atoms with Gasteiger partial charge in [0.1, 0.15) is 5.82 Å². The Balaban J connectivity index is 1.78. The standard InChI is InChI=1S/C20H18F3N3O2S/c1-8-15(14-7-10-13(29-14)4-5-20(22,23)17(10)24)12(21)6-11-16(8)26(9-2-3-9)19(28)25-18(11)27/h6-7,9,17H,2-5,24H2,1H3,(H,25,27,28). The van der Waals surface area contributed by atoms with Gasteiger partial charge in [-0.1, -0.05) is 0 Å². The van der Waals surface area contributed by atoms with E-state index in [1.54, 1.807) is 6.92 Å². The molecule has 1 aromatic carbocycles. The Labute approximate surface area is 167 Å². The predicted molar refractivity (Wildman–Crippen MR) is 105 cm³/mol. The van der Waals surface area contributed by atoms with Crippen LogP contribution in [0, 0.1) is 12.7 Å². The van der Waals surface area contributed by atoms with Crippen LogP contribution in [0.25, 0.3) is 21.3 Å². The first-order valence-corrected chi connectivity index (χ1v) is 10.2. The molecule has 2 aromatic heterocycles. The summed E-state index contributed by atoms with van der Waals surface area (Å²) in [5, 5.41) is 0.111. The van der Waals surface area contributed by atoms with E-state index in [-0.39, 0.29) is 29.8 Å². The smallest absolute Gasteiger partial charge is 0.319 e. The largest absolute Gasteiger partial charge is 0.329 e. The lowest BCUT2D eigenvalue weighted by Crippen LogP contribution is -2.36. The summed E-state index contributed by atoms with van der Waals surface area (Å²) in [7, 11) is 0. The van der Waals surface area contributed by atoms with Gasteiger partial charge in [-0.15, -0.1) is 11.3 Å². The fourth-order valence-corrected chi connectivity index (χ4v) is 5.56. The monoisotopic (exact) mass is 421 g/mol. The Morgan fingerprint density at radius 2 is 2.00 bits per heavy atom. The molecule has 0 amide bonds. The molecule has 3 N–H and O–H groups in total. The fraction of sp³-hybridized carbons (Fsp3) is 0.400. The summed E-state index contributed by atoms with van der Waals surface area (Å²) in [6.45, 7) is 1.66. The van der Waals surface area contributed by atoms with E-state index in [1.165, 1.54) is 22.0 Å². The first-order valence-electron chi connectivity index (χ1n) is 9.43. The van der Waals surface area contributed by atoms with Crippen molar-refractivity contribution in [2.45, 2.75) is 50.6 Å². The number of nitrogens with two attached hydrogens (primary N) is 1. The molecule has 5 nitrogen and oxygen atoms in total. The summed E-state index contributed by atoms with van der Waals surface area (Å²) in [4.78, 5) is 28.2. The molecule has 9 heteroatoms. The van der Waals surface area contributed by atoms with E-state index in [0.29, 0.717) is 21.5 Å². The predicted octanol–water partition coefficient (Wildman–Crippen LogP) is 3.78. The van der Waals surface area contributed by atoms with E-state index in [0.717, 1.165) is 23.8 Å². The molecular weight excluding hydrogens is 403 g/mol. The Morgan fingerprint density at radius 1 is 1.28 bits per heavy atom. The summed E-state index contributed by atoms with van der Waals surface area (Å²) in [6, 6.07) is 1.21. The minimum atomic E-state index is -3.00. The van der Waals surface area contributed by atoms with Crippen molar-refractivity contribution in [1.29, 1.82) is 0 Å². The van der Waals surface area contributed by atoms with Crippen molar-refractivity contribution >= 4 is 22.2 Å². The zero-order chi connectivity index (χ0) is 20.7. The maximum absolute atomic E-state index is 15.1. The molecule has 0 saturated heterocycles. The maximum atomic E-state index is 15.1. The fourth-order valence-electron chi connectivity index (χ4n) is 4.25. The summed E-state index contributed by atoms with van der Waals surface area (Å²) >= 11 is 1.24. The lowest BCUT2D eigenvalue weighted by atomic mass is 9.90. The summed E-state index contributed by atoms with van der Waals surface area (Å²) in [6.07, 6.45) is 1.47. The van der Waals surface area contributed by atoms with Gasteiger partial charge >= 0.3 is 5.69 Å². The summed E-state index contributed by atoms with van der Waals surface area (Å²) in [5.41, 5.74) is 6.04. The van der Waals surface area contributed by atoms with E-state index < -0.39 is 29.0 Å². The highest BCUT2D eigenvalue weighted by Crippen LogP contribution is 2.47. The van der Waals surface area contributed by atoms with Crippen molar-refractivity contribution in [1.82, 2.24) is 9.55 Å². The number of hydrogen-bond donors (Lipinski definition) is 2. The van der Waals surface area contributed by atoms with Gasteiger partial charge in [-0.2, -0.15) is 0 Å². The molecule has 0 bridgehead atoms. The molecule has 2 aliphatic rings. The van der Waals surface area contributed by atoms with Crippen LogP contribution in [-0.4, -0.2) is 15.5 Å². The number of H-pyrrole nitrogens is 1. The Hall–Kier alpha value is -2.39. The third-order valence-electron chi connectivity index (χ3n) is 5.90. The molecule has 2 heterocycles. The minimum Gasteiger partial charge on any atom is -0.319 e. The first-order chi connectivity index (χ1) is 13.7. The lowest BCUT2D eigenvalue weighted by Gasteiger charge is -2.28. The van der Waals surface area contributed by atoms with Gasteiger partial charge in [0.05, 0.1) is 16.9 Å². The highest BCUT2D eigenvalue weighted by atomic mass is 32.1. The van der Waals surface area contributed by atoms with E-state index in [4.69, 9.17) is 5.73 Å². The normalized spacial score (nSPS) is 20.8. The number of rotatable bonds is 2. The van der Waals surface area contributed by atoms with Crippen LogP contribution >= 0.6 is 11.3 Å². The van der Waals surface area contributed by atoms with Gasteiger partial charge < -0.3 is 5.73 Å². The number of benzene rings is 1. The SMILES string of the molecule is Cc1c(-c2cc3c(s2)CCC(F)(F)C3N)c(F)cc2c(=O)[nH]c(=O)n(C3CC3)c12. The summed E-state index contributed by atoms with van der Waals surface area (Å²) in [5.74, 6) is -3.62. The topological polar surface area (TPSA) is 80.9 Å². The van der Waals surface area contributed by atoms with E-state index >= 15 is 4.39 Å². The van der Waals surface area contributed by atoms with Crippen molar-refractivity contribution in [3.05, 3.63) is 54.8 Å². The molecule has 1 atom stereocenters. The molecule has 29 heavy (non-hydrogen) atoms. The molecule has 1 saturated carbocycles. The molecule has 3 aromatic rings. The lowest BCUT2D eigenvalue weighted by molar-refractivity contribution is -0.0392. The second-order valence-electron chi connectivity index (χ2n) is 7.84. The van der Waals surface area contributed by atoms with Gasteiger partial charge in [0.25, 0.3) is 11.5 Å². The van der Waals surface area contributed by atoms with Crippen molar-refractivity contribution in [3.63, 3.8) is 0 Å². The average Bonchev–Trinajstić information content (AvgIpc) is 3.39. The number of halogens is 3. The molecule has 0 aliphatic heterocycles. The number of nitrogens with zero attached hydrogens (tertiary/aromatic N) is 1. The number of aromatic amines is 1. The van der Waals surface area contributed by atoms with Crippen molar-refractivity contribution < 1.29 is 13.2 Å². The van der Waals surface area contributed by atoms with Gasteiger partial charge in [0.15, 0.2) is 0 Å². The van der Waals surface area contributed by atoms with Crippen molar-refractivity contribution in [3.8, 4) is 10.4 Å². The highest BCUT2D eigenvalue weighted by Gasteiger charge is 2.43. The number of alkyl halides is 2. The van der Waals surface area contributed by atoms with Crippen LogP contribution in [0.2, 0.25) is 0 Å². The first kappa shape index (κ1) is 18.6. The van der Waals surface area contributed by atoms with Crippen LogP contribution in [0.3, 0.4) is 0 Å². The maximum Gasteiger partial charge on any atom is 0.329 e. The zero-order valence-corrected chi connectivity index (χ0v) is 16.3. The molecule has 1 unspecified atom stereocenters. The van der Waals surface area contributed by atoms with E-state index in [1.807, 2.05) is 0 Å². The Kier molecular flexibility index (Phi) is 3.89. The molecular formula is C20H18F3N3O2S. The number of thiophene rings is 1. The highest BCUT2D eigenvalue weighted by molar-refractivity contribution is 7.15. The van der Waals surface area contributed by atoms with Crippen LogP contribution in [0.4, 0.5) is 13.2 Å². The zero-order valence-electron chi connectivity index (χ0n) is 15.5. The van der Waals surface area contributed by atoms with Crippen molar-refractivity contribution in [2.24, 2.45) is 5.73 Å². The molecule has 0 spiro atoms. The van der Waals surface area contributed by atoms with Gasteiger partial charge in [0, 0.05) is 27.8 Å². The molecule has 152 valence electrons. The van der Waals surface area contributed by atoms with Gasteiger partial charge in [0.2, 0.25) is 0 Å². The van der Waals surface area contributed by atoms with E-state index in [2.05, 4.69) is 4.98 Å². The second-order valence-corrected chi connectivity index (χ2v) is 8.98. The molecule has 5 rings (SSSR count). The van der Waals surface area contributed by atoms with E-state index in [9.17, 15) is 18.4 Å². The Bertz CT molecular complexity index is 1290. The van der Waals surface area contributed by atoms with Gasteiger partial charge in [-0.3, -0.25) is 14.3 Å². The minimum absolute atomic E-state index is 0.0254. The van der Waals surface area contributed by atoms with Crippen molar-refractivity contribution in [2.75, 3.05) is 0 Å². The van der Waals surface area contributed by atoms with Gasteiger partial charge in [-0.25, -0.2) is 18.0 Å². The molecule has 0 radical (unpaired) electrons. The number of aromatic nitrogens is 2. The Morgan fingerprint density at radius 3 is 2.69 bits per heavy atom. The van der Waals surface area contributed by atoms with Crippen LogP contribution < -0.4 is 17.0 Å².